The number of carbonyl (C=O) groups is 1. The molecule has 1 saturated heterocycles. The molecule has 1 aromatic heterocycles. The van der Waals surface area contributed by atoms with Gasteiger partial charge in [-0.15, -0.1) is 12.4 Å². The third kappa shape index (κ3) is 4.72. The average Bonchev–Trinajstić information content (AvgIpc) is 2.95. The molecule has 0 spiro atoms. The van der Waals surface area contributed by atoms with E-state index in [1.807, 2.05) is 0 Å². The largest absolute Gasteiger partial charge is 0.356 e. The molecule has 2 atom stereocenters. The molecule has 1 aromatic rings. The zero-order chi connectivity index (χ0) is 17.2. The van der Waals surface area contributed by atoms with E-state index in [0.29, 0.717) is 19.0 Å². The summed E-state index contributed by atoms with van der Waals surface area (Å²) >= 11 is 0. The second-order valence-electron chi connectivity index (χ2n) is 6.54. The van der Waals surface area contributed by atoms with Gasteiger partial charge in [0.1, 0.15) is 10.6 Å². The molecule has 138 valence electrons. The van der Waals surface area contributed by atoms with Crippen LogP contribution in [0.3, 0.4) is 0 Å². The molecule has 2 unspecified atom stereocenters. The zero-order valence-corrected chi connectivity index (χ0v) is 15.9. The molecule has 9 heteroatoms. The van der Waals surface area contributed by atoms with Crippen molar-refractivity contribution in [2.45, 2.75) is 50.6 Å². The normalized spacial score (nSPS) is 21.6. The van der Waals surface area contributed by atoms with Crippen molar-refractivity contribution < 1.29 is 13.2 Å². The number of nitrogens with one attached hydrogen (secondary N) is 2. The molecule has 24 heavy (non-hydrogen) atoms. The number of H-pyrrole nitrogens is 1. The van der Waals surface area contributed by atoms with Crippen molar-refractivity contribution in [2.75, 3.05) is 13.1 Å². The van der Waals surface area contributed by atoms with Crippen molar-refractivity contribution in [1.82, 2.24) is 14.6 Å². The van der Waals surface area contributed by atoms with E-state index in [2.05, 4.69) is 16.6 Å². The van der Waals surface area contributed by atoms with Gasteiger partial charge in [-0.1, -0.05) is 6.92 Å². The number of nitrogens with zero attached hydrogens (tertiary/aromatic N) is 1. The summed E-state index contributed by atoms with van der Waals surface area (Å²) in [6.45, 7) is 6.71. The molecule has 0 aromatic carbocycles. The molecule has 0 saturated carbocycles. The highest BCUT2D eigenvalue weighted by Crippen LogP contribution is 2.24. The van der Waals surface area contributed by atoms with E-state index >= 15 is 0 Å². The predicted octanol–water partition coefficient (Wildman–Crippen LogP) is 1.32. The zero-order valence-electron chi connectivity index (χ0n) is 14.3. The van der Waals surface area contributed by atoms with Crippen LogP contribution in [0.5, 0.6) is 0 Å². The number of likely N-dealkylation sites (tertiary alicyclic amines) is 1. The van der Waals surface area contributed by atoms with Crippen molar-refractivity contribution in [2.24, 2.45) is 11.7 Å². The standard InChI is InChI=1S/C15H26N4O3S.ClH/c1-10(2)18-23(21,22)13-7-14(17-9-13)15(20)19-5-4-11(3)6-12(19)8-16;/h7,9-12,17-18H,4-6,8,16H2,1-3H3;1H. The molecule has 0 aliphatic carbocycles. The molecule has 1 aliphatic heterocycles. The number of halogens is 1. The molecule has 4 N–H and O–H groups in total. The Hall–Kier alpha value is -1.09. The van der Waals surface area contributed by atoms with Gasteiger partial charge in [-0.25, -0.2) is 13.1 Å². The first-order valence-corrected chi connectivity index (χ1v) is 9.44. The molecule has 2 heterocycles. The summed E-state index contributed by atoms with van der Waals surface area (Å²) in [5.74, 6) is 0.348. The first-order chi connectivity index (χ1) is 10.7. The van der Waals surface area contributed by atoms with E-state index in [-0.39, 0.29) is 41.0 Å². The summed E-state index contributed by atoms with van der Waals surface area (Å²) in [7, 11) is -3.61. The Labute approximate surface area is 149 Å². The van der Waals surface area contributed by atoms with Gasteiger partial charge >= 0.3 is 0 Å². The lowest BCUT2D eigenvalue weighted by molar-refractivity contribution is 0.0568. The fourth-order valence-corrected chi connectivity index (χ4v) is 4.17. The number of rotatable bonds is 5. The van der Waals surface area contributed by atoms with Crippen molar-refractivity contribution in [3.05, 3.63) is 18.0 Å². The fraction of sp³-hybridized carbons (Fsp3) is 0.667. The highest BCUT2D eigenvalue weighted by molar-refractivity contribution is 7.89. The first-order valence-electron chi connectivity index (χ1n) is 7.96. The molecule has 1 amide bonds. The van der Waals surface area contributed by atoms with Crippen molar-refractivity contribution in [1.29, 1.82) is 0 Å². The summed E-state index contributed by atoms with van der Waals surface area (Å²) < 4.78 is 26.8. The van der Waals surface area contributed by atoms with Gasteiger partial charge in [0.25, 0.3) is 5.91 Å². The van der Waals surface area contributed by atoms with Crippen LogP contribution in [0.1, 0.15) is 44.1 Å². The van der Waals surface area contributed by atoms with E-state index in [1.165, 1.54) is 12.3 Å². The molecule has 2 rings (SSSR count). The smallest absolute Gasteiger partial charge is 0.270 e. The number of piperidine rings is 1. The van der Waals surface area contributed by atoms with Crippen LogP contribution in [0.4, 0.5) is 0 Å². The van der Waals surface area contributed by atoms with Gasteiger partial charge in [0.15, 0.2) is 0 Å². The maximum atomic E-state index is 12.7. The molecule has 0 radical (unpaired) electrons. The van der Waals surface area contributed by atoms with Gasteiger partial charge in [-0.05, 0) is 38.7 Å². The minimum Gasteiger partial charge on any atom is -0.356 e. The Morgan fingerprint density at radius 3 is 2.75 bits per heavy atom. The van der Waals surface area contributed by atoms with Crippen LogP contribution in [0.2, 0.25) is 0 Å². The van der Waals surface area contributed by atoms with Crippen LogP contribution in [-0.4, -0.2) is 49.4 Å². The van der Waals surface area contributed by atoms with Gasteiger partial charge in [0.2, 0.25) is 10.0 Å². The minimum atomic E-state index is -3.61. The van der Waals surface area contributed by atoms with E-state index in [9.17, 15) is 13.2 Å². The number of aromatic amines is 1. The van der Waals surface area contributed by atoms with Crippen LogP contribution >= 0.6 is 12.4 Å². The number of amides is 1. The minimum absolute atomic E-state index is 0. The number of sulfonamides is 1. The Bertz CT molecular complexity index is 659. The van der Waals surface area contributed by atoms with Crippen LogP contribution in [0.25, 0.3) is 0 Å². The predicted molar refractivity (Wildman–Crippen MR) is 95.8 cm³/mol. The third-order valence-corrected chi connectivity index (χ3v) is 5.74. The molecule has 1 aliphatic rings. The lowest BCUT2D eigenvalue weighted by atomic mass is 9.92. The lowest BCUT2D eigenvalue weighted by Crippen LogP contribution is -2.49. The Balaban J connectivity index is 0.00000288. The summed E-state index contributed by atoms with van der Waals surface area (Å²) in [4.78, 5) is 17.3. The van der Waals surface area contributed by atoms with E-state index in [0.717, 1.165) is 12.8 Å². The van der Waals surface area contributed by atoms with Gasteiger partial charge < -0.3 is 15.6 Å². The summed E-state index contributed by atoms with van der Waals surface area (Å²) in [6, 6.07) is 1.18. The molecule has 1 fully saturated rings. The number of carbonyl (C=O) groups excluding carboxylic acids is 1. The molecular weight excluding hydrogens is 352 g/mol. The maximum Gasteiger partial charge on any atom is 0.270 e. The van der Waals surface area contributed by atoms with E-state index in [1.54, 1.807) is 18.7 Å². The molecule has 0 bridgehead atoms. The Morgan fingerprint density at radius 2 is 2.17 bits per heavy atom. The topological polar surface area (TPSA) is 108 Å². The maximum absolute atomic E-state index is 12.7. The number of aromatic nitrogens is 1. The fourth-order valence-electron chi connectivity index (χ4n) is 2.93. The monoisotopic (exact) mass is 378 g/mol. The first kappa shape index (κ1) is 21.0. The van der Waals surface area contributed by atoms with Gasteiger partial charge in [0, 0.05) is 31.4 Å². The van der Waals surface area contributed by atoms with Crippen molar-refractivity contribution in [3.63, 3.8) is 0 Å². The van der Waals surface area contributed by atoms with Gasteiger partial charge in [0.05, 0.1) is 0 Å². The second-order valence-corrected chi connectivity index (χ2v) is 8.26. The Morgan fingerprint density at radius 1 is 1.50 bits per heavy atom. The van der Waals surface area contributed by atoms with Crippen LogP contribution in [-0.2, 0) is 10.0 Å². The number of hydrogen-bond donors (Lipinski definition) is 3. The van der Waals surface area contributed by atoms with E-state index < -0.39 is 10.0 Å². The summed E-state index contributed by atoms with van der Waals surface area (Å²) in [5, 5.41) is 0. The molecular formula is C15H27ClN4O3S. The van der Waals surface area contributed by atoms with Crippen LogP contribution in [0, 0.1) is 5.92 Å². The highest BCUT2D eigenvalue weighted by Gasteiger charge is 2.30. The summed E-state index contributed by atoms with van der Waals surface area (Å²) in [6.07, 6.45) is 3.16. The number of hydrogen-bond acceptors (Lipinski definition) is 4. The highest BCUT2D eigenvalue weighted by atomic mass is 35.5. The third-order valence-electron chi connectivity index (χ3n) is 4.10. The van der Waals surface area contributed by atoms with Crippen molar-refractivity contribution >= 4 is 28.3 Å². The summed E-state index contributed by atoms with van der Waals surface area (Å²) in [5.41, 5.74) is 6.07. The lowest BCUT2D eigenvalue weighted by Gasteiger charge is -2.37. The SMILES string of the molecule is CC1CCN(C(=O)c2cc(S(=O)(=O)NC(C)C)c[nH]2)C(CN)C1.Cl. The number of nitrogens with two attached hydrogens (primary N) is 1. The van der Waals surface area contributed by atoms with E-state index in [4.69, 9.17) is 5.73 Å². The van der Waals surface area contributed by atoms with Crippen molar-refractivity contribution in [3.8, 4) is 0 Å². The van der Waals surface area contributed by atoms with Crippen LogP contribution < -0.4 is 10.5 Å². The second kappa shape index (κ2) is 8.33. The van der Waals surface area contributed by atoms with Gasteiger partial charge in [-0.3, -0.25) is 4.79 Å². The quantitative estimate of drug-likeness (QED) is 0.717. The Kier molecular flexibility index (Phi) is 7.27. The average molecular weight is 379 g/mol. The van der Waals surface area contributed by atoms with Gasteiger partial charge in [-0.2, -0.15) is 0 Å². The molecule has 7 nitrogen and oxygen atoms in total. The van der Waals surface area contributed by atoms with Crippen LogP contribution in [0.15, 0.2) is 17.2 Å².